The minimum atomic E-state index is -0.379. The van der Waals surface area contributed by atoms with Gasteiger partial charge >= 0.3 is 0 Å². The van der Waals surface area contributed by atoms with Crippen LogP contribution in [0.25, 0.3) is 0 Å². The Labute approximate surface area is 135 Å². The van der Waals surface area contributed by atoms with Gasteiger partial charge in [-0.1, -0.05) is 23.4 Å². The highest BCUT2D eigenvalue weighted by Crippen LogP contribution is 2.28. The van der Waals surface area contributed by atoms with Crippen molar-refractivity contribution < 1.29 is 9.59 Å². The summed E-state index contributed by atoms with van der Waals surface area (Å²) in [4.78, 5) is 28.2. The number of amides is 1. The monoisotopic (exact) mass is 340 g/mol. The summed E-state index contributed by atoms with van der Waals surface area (Å²) in [5, 5.41) is 0.603. The zero-order valence-electron chi connectivity index (χ0n) is 11.3. The van der Waals surface area contributed by atoms with E-state index >= 15 is 0 Å². The summed E-state index contributed by atoms with van der Waals surface area (Å²) in [5.41, 5.74) is 6.60. The van der Waals surface area contributed by atoms with Crippen LogP contribution in [0.3, 0.4) is 0 Å². The lowest BCUT2D eigenvalue weighted by atomic mass is 10.1. The van der Waals surface area contributed by atoms with E-state index in [1.807, 2.05) is 6.92 Å². The molecule has 1 heterocycles. The first-order valence-corrected chi connectivity index (χ1v) is 8.30. The van der Waals surface area contributed by atoms with Crippen molar-refractivity contribution in [3.05, 3.63) is 45.4 Å². The zero-order valence-corrected chi connectivity index (χ0v) is 13.6. The topological polar surface area (TPSA) is 73.1 Å². The largest absolute Gasteiger partial charge is 0.369 e. The van der Waals surface area contributed by atoms with E-state index in [9.17, 15) is 9.59 Å². The van der Waals surface area contributed by atoms with E-state index < -0.39 is 0 Å². The van der Waals surface area contributed by atoms with Gasteiger partial charge in [0.15, 0.2) is 10.1 Å². The van der Waals surface area contributed by atoms with Crippen LogP contribution in [0, 0.1) is 6.92 Å². The standard InChI is InChI=1S/C14H13ClN2O2S2/c1-8-12(6-13(16)19)21-14(17-8)20-7-11(18)9-2-4-10(15)5-3-9/h2-5H,6-7H2,1H3,(H2,16,19). The molecule has 2 N–H and O–H groups in total. The predicted molar refractivity (Wildman–Crippen MR) is 86.3 cm³/mol. The van der Waals surface area contributed by atoms with Gasteiger partial charge in [-0.15, -0.1) is 11.3 Å². The first-order chi connectivity index (χ1) is 9.95. The minimum Gasteiger partial charge on any atom is -0.369 e. The molecule has 0 atom stereocenters. The number of thioether (sulfide) groups is 1. The number of nitrogens with two attached hydrogens (primary N) is 1. The number of benzene rings is 1. The fraction of sp³-hybridized carbons (Fsp3) is 0.214. The van der Waals surface area contributed by atoms with Crippen molar-refractivity contribution in [2.45, 2.75) is 17.7 Å². The number of aromatic nitrogens is 1. The van der Waals surface area contributed by atoms with Crippen LogP contribution in [0.4, 0.5) is 0 Å². The van der Waals surface area contributed by atoms with Crippen LogP contribution in [-0.2, 0) is 11.2 Å². The number of Topliss-reactive ketones (excluding diaryl/α,β-unsaturated/α-hetero) is 1. The highest BCUT2D eigenvalue weighted by molar-refractivity contribution is 8.01. The van der Waals surface area contributed by atoms with Gasteiger partial charge in [0.2, 0.25) is 5.91 Å². The van der Waals surface area contributed by atoms with Gasteiger partial charge < -0.3 is 5.73 Å². The molecule has 1 aromatic carbocycles. The third-order valence-electron chi connectivity index (χ3n) is 2.70. The van der Waals surface area contributed by atoms with Crippen molar-refractivity contribution in [2.24, 2.45) is 5.73 Å². The quantitative estimate of drug-likeness (QED) is 0.647. The molecule has 0 unspecified atom stereocenters. The van der Waals surface area contributed by atoms with E-state index in [0.717, 1.165) is 14.9 Å². The molecule has 0 bridgehead atoms. The van der Waals surface area contributed by atoms with Crippen LogP contribution in [0.15, 0.2) is 28.6 Å². The predicted octanol–water partition coefficient (Wildman–Crippen LogP) is 3.11. The Morgan fingerprint density at radius 2 is 2.00 bits per heavy atom. The molecule has 1 aromatic heterocycles. The Morgan fingerprint density at radius 1 is 1.33 bits per heavy atom. The average Bonchev–Trinajstić information content (AvgIpc) is 2.77. The molecule has 0 aliphatic carbocycles. The second-order valence-electron chi connectivity index (χ2n) is 4.35. The minimum absolute atomic E-state index is 0.0148. The Kier molecular flexibility index (Phi) is 5.39. The molecule has 4 nitrogen and oxygen atoms in total. The molecule has 7 heteroatoms. The first kappa shape index (κ1) is 16.0. The Morgan fingerprint density at radius 3 is 2.62 bits per heavy atom. The van der Waals surface area contributed by atoms with E-state index in [1.165, 1.54) is 23.1 Å². The molecular weight excluding hydrogens is 328 g/mol. The summed E-state index contributed by atoms with van der Waals surface area (Å²) in [6.07, 6.45) is 0.190. The molecule has 0 saturated carbocycles. The SMILES string of the molecule is Cc1nc(SCC(=O)c2ccc(Cl)cc2)sc1CC(N)=O. The van der Waals surface area contributed by atoms with Crippen LogP contribution < -0.4 is 5.73 Å². The second kappa shape index (κ2) is 7.06. The molecular formula is C14H13ClN2O2S2. The highest BCUT2D eigenvalue weighted by Gasteiger charge is 2.12. The lowest BCUT2D eigenvalue weighted by Gasteiger charge is -1.99. The van der Waals surface area contributed by atoms with E-state index in [0.29, 0.717) is 16.3 Å². The van der Waals surface area contributed by atoms with Crippen molar-refractivity contribution in [1.82, 2.24) is 4.98 Å². The van der Waals surface area contributed by atoms with Crippen LogP contribution in [0.5, 0.6) is 0 Å². The maximum Gasteiger partial charge on any atom is 0.222 e. The fourth-order valence-electron chi connectivity index (χ4n) is 1.63. The van der Waals surface area contributed by atoms with Gasteiger partial charge in [-0.2, -0.15) is 0 Å². The van der Waals surface area contributed by atoms with Gasteiger partial charge in [0, 0.05) is 15.5 Å². The fourth-order valence-corrected chi connectivity index (χ4v) is 3.90. The maximum atomic E-state index is 12.0. The molecule has 1 amide bonds. The molecule has 0 saturated heterocycles. The number of nitrogens with zero attached hydrogens (tertiary/aromatic N) is 1. The Balaban J connectivity index is 1.98. The number of thiazole rings is 1. The third kappa shape index (κ3) is 4.56. The number of primary amides is 1. The zero-order chi connectivity index (χ0) is 15.4. The van der Waals surface area contributed by atoms with Gasteiger partial charge in [-0.3, -0.25) is 9.59 Å². The molecule has 2 aromatic rings. The van der Waals surface area contributed by atoms with Crippen LogP contribution in [0.2, 0.25) is 5.02 Å². The smallest absolute Gasteiger partial charge is 0.222 e. The molecule has 0 aliphatic heterocycles. The maximum absolute atomic E-state index is 12.0. The van der Waals surface area contributed by atoms with Crippen LogP contribution >= 0.6 is 34.7 Å². The summed E-state index contributed by atoms with van der Waals surface area (Å²) in [6.45, 7) is 1.83. The molecule has 2 rings (SSSR count). The summed E-state index contributed by atoms with van der Waals surface area (Å²) < 4.78 is 0.770. The van der Waals surface area contributed by atoms with Gasteiger partial charge in [-0.25, -0.2) is 4.98 Å². The van der Waals surface area contributed by atoms with Gasteiger partial charge in [-0.05, 0) is 31.2 Å². The number of carbonyl (C=O) groups excluding carboxylic acids is 2. The lowest BCUT2D eigenvalue weighted by Crippen LogP contribution is -2.13. The van der Waals surface area contributed by atoms with Crippen molar-refractivity contribution >= 4 is 46.4 Å². The lowest BCUT2D eigenvalue weighted by molar-refractivity contribution is -0.117. The van der Waals surface area contributed by atoms with Gasteiger partial charge in [0.25, 0.3) is 0 Å². The number of halogens is 1. The summed E-state index contributed by atoms with van der Waals surface area (Å²) in [5.74, 6) is -0.0681. The van der Waals surface area contributed by atoms with Gasteiger partial charge in [0.05, 0.1) is 17.9 Å². The van der Waals surface area contributed by atoms with E-state index in [2.05, 4.69) is 4.98 Å². The first-order valence-electron chi connectivity index (χ1n) is 6.12. The average molecular weight is 341 g/mol. The molecule has 0 aliphatic rings. The normalized spacial score (nSPS) is 10.6. The molecule has 0 fully saturated rings. The van der Waals surface area contributed by atoms with E-state index in [1.54, 1.807) is 24.3 Å². The van der Waals surface area contributed by atoms with Crippen LogP contribution in [0.1, 0.15) is 20.9 Å². The summed E-state index contributed by atoms with van der Waals surface area (Å²) >= 11 is 8.56. The molecule has 110 valence electrons. The number of aryl methyl sites for hydroxylation is 1. The van der Waals surface area contributed by atoms with Crippen molar-refractivity contribution in [3.8, 4) is 0 Å². The summed E-state index contributed by atoms with van der Waals surface area (Å²) in [7, 11) is 0. The number of carbonyl (C=O) groups is 2. The second-order valence-corrected chi connectivity index (χ2v) is 7.09. The van der Waals surface area contributed by atoms with Gasteiger partial charge in [0.1, 0.15) is 0 Å². The van der Waals surface area contributed by atoms with Crippen LogP contribution in [-0.4, -0.2) is 22.4 Å². The van der Waals surface area contributed by atoms with E-state index in [4.69, 9.17) is 17.3 Å². The number of hydrogen-bond donors (Lipinski definition) is 1. The van der Waals surface area contributed by atoms with Crippen molar-refractivity contribution in [2.75, 3.05) is 5.75 Å². The molecule has 21 heavy (non-hydrogen) atoms. The summed E-state index contributed by atoms with van der Waals surface area (Å²) in [6, 6.07) is 6.80. The number of rotatable bonds is 6. The van der Waals surface area contributed by atoms with Crippen molar-refractivity contribution in [1.29, 1.82) is 0 Å². The Hall–Kier alpha value is -1.37. The number of hydrogen-bond acceptors (Lipinski definition) is 5. The Bertz CT molecular complexity index is 668. The number of ketones is 1. The molecule has 0 spiro atoms. The van der Waals surface area contributed by atoms with E-state index in [-0.39, 0.29) is 18.1 Å². The highest BCUT2D eigenvalue weighted by atomic mass is 35.5. The third-order valence-corrected chi connectivity index (χ3v) is 5.25. The molecule has 0 radical (unpaired) electrons. The van der Waals surface area contributed by atoms with Crippen molar-refractivity contribution in [3.63, 3.8) is 0 Å².